The number of nitrogen functional groups attached to an aromatic ring is 1. The molecule has 3 rings (SSSR count). The van der Waals surface area contributed by atoms with Crippen LogP contribution in [0.3, 0.4) is 0 Å². The van der Waals surface area contributed by atoms with Crippen LogP contribution in [-0.4, -0.2) is 13.2 Å². The third kappa shape index (κ3) is 1.99. The van der Waals surface area contributed by atoms with Gasteiger partial charge in [0.15, 0.2) is 0 Å². The number of hydrogen-bond donors (Lipinski definition) is 1. The van der Waals surface area contributed by atoms with Crippen LogP contribution in [0.4, 0.5) is 14.5 Å². The minimum absolute atomic E-state index is 0.121. The Bertz CT molecular complexity index is 473. The molecule has 0 saturated heterocycles. The molecular formula is C14H17F2NO. The minimum Gasteiger partial charge on any atom is -0.398 e. The summed E-state index contributed by atoms with van der Waals surface area (Å²) in [6, 6.07) is 2.23. The summed E-state index contributed by atoms with van der Waals surface area (Å²) in [6.45, 7) is -2.55. The fraction of sp³-hybridized carbons (Fsp3) is 0.571. The summed E-state index contributed by atoms with van der Waals surface area (Å²) < 4.78 is 28.5. The molecule has 4 heteroatoms. The number of hydrogen-bond acceptors (Lipinski definition) is 2. The van der Waals surface area contributed by atoms with Gasteiger partial charge in [0, 0.05) is 5.69 Å². The van der Waals surface area contributed by atoms with Gasteiger partial charge in [-0.15, -0.1) is 0 Å². The molecule has 0 fully saturated rings. The molecule has 0 radical (unpaired) electrons. The zero-order chi connectivity index (χ0) is 12.7. The summed E-state index contributed by atoms with van der Waals surface area (Å²) in [5, 5.41) is 0. The Kier molecular flexibility index (Phi) is 2.98. The Morgan fingerprint density at radius 1 is 1.22 bits per heavy atom. The molecule has 2 aliphatic carbocycles. The normalized spacial score (nSPS) is 21.4. The first-order valence-electron chi connectivity index (χ1n) is 6.47. The van der Waals surface area contributed by atoms with E-state index in [2.05, 4.69) is 10.8 Å². The van der Waals surface area contributed by atoms with Crippen LogP contribution in [0.2, 0.25) is 0 Å². The van der Waals surface area contributed by atoms with Crippen molar-refractivity contribution in [3.63, 3.8) is 0 Å². The molecule has 1 unspecified atom stereocenters. The van der Waals surface area contributed by atoms with Crippen molar-refractivity contribution in [2.24, 2.45) is 5.92 Å². The first-order valence-corrected chi connectivity index (χ1v) is 6.47. The molecule has 98 valence electrons. The molecule has 0 heterocycles. The highest BCUT2D eigenvalue weighted by molar-refractivity contribution is 5.63. The number of aryl methyl sites for hydroxylation is 1. The van der Waals surface area contributed by atoms with Gasteiger partial charge in [-0.25, -0.2) is 0 Å². The van der Waals surface area contributed by atoms with E-state index in [4.69, 9.17) is 5.73 Å². The van der Waals surface area contributed by atoms with Crippen molar-refractivity contribution in [2.75, 3.05) is 12.3 Å². The topological polar surface area (TPSA) is 35.2 Å². The third-order valence-electron chi connectivity index (χ3n) is 4.11. The second kappa shape index (κ2) is 4.50. The maximum atomic E-state index is 12.0. The highest BCUT2D eigenvalue weighted by Crippen LogP contribution is 2.38. The lowest BCUT2D eigenvalue weighted by atomic mass is 9.99. The standard InChI is InChI=1S/C14H17F2NO/c15-14(16)18-7-8-4-10-6-9-2-1-3-11(9)13(17)12(10)5-8/h6,8,14H,1-5,7,17H2. The number of ether oxygens (including phenoxy) is 1. The van der Waals surface area contributed by atoms with Crippen molar-refractivity contribution in [3.8, 4) is 0 Å². The molecule has 1 atom stereocenters. The van der Waals surface area contributed by atoms with Crippen molar-refractivity contribution in [3.05, 3.63) is 28.3 Å². The van der Waals surface area contributed by atoms with E-state index >= 15 is 0 Å². The van der Waals surface area contributed by atoms with Crippen LogP contribution < -0.4 is 5.73 Å². The molecule has 1 aromatic rings. The van der Waals surface area contributed by atoms with Crippen LogP contribution in [0.25, 0.3) is 0 Å². The van der Waals surface area contributed by atoms with E-state index in [1.165, 1.54) is 28.7 Å². The number of halogens is 2. The van der Waals surface area contributed by atoms with Gasteiger partial charge in [-0.1, -0.05) is 6.07 Å². The van der Waals surface area contributed by atoms with Crippen molar-refractivity contribution in [1.82, 2.24) is 0 Å². The lowest BCUT2D eigenvalue weighted by Gasteiger charge is -2.10. The van der Waals surface area contributed by atoms with Gasteiger partial charge in [-0.3, -0.25) is 0 Å². The predicted octanol–water partition coefficient (Wildman–Crippen LogP) is 2.71. The van der Waals surface area contributed by atoms with Gasteiger partial charge in [-0.2, -0.15) is 8.78 Å². The molecule has 2 nitrogen and oxygen atoms in total. The lowest BCUT2D eigenvalue weighted by molar-refractivity contribution is -0.137. The SMILES string of the molecule is Nc1c2c(cc3c1CC(COC(F)F)C3)CCC2. The molecule has 1 aromatic carbocycles. The molecular weight excluding hydrogens is 236 g/mol. The van der Waals surface area contributed by atoms with Gasteiger partial charge in [0.05, 0.1) is 6.61 Å². The smallest absolute Gasteiger partial charge is 0.345 e. The van der Waals surface area contributed by atoms with Crippen LogP contribution in [0, 0.1) is 5.92 Å². The minimum atomic E-state index is -2.67. The second-order valence-corrected chi connectivity index (χ2v) is 5.29. The summed E-state index contributed by atoms with van der Waals surface area (Å²) in [5.74, 6) is 0.152. The van der Waals surface area contributed by atoms with Gasteiger partial charge < -0.3 is 10.5 Å². The highest BCUT2D eigenvalue weighted by Gasteiger charge is 2.28. The van der Waals surface area contributed by atoms with Gasteiger partial charge in [0.1, 0.15) is 0 Å². The van der Waals surface area contributed by atoms with E-state index in [0.29, 0.717) is 0 Å². The molecule has 0 amide bonds. The first kappa shape index (κ1) is 11.9. The van der Waals surface area contributed by atoms with Crippen molar-refractivity contribution < 1.29 is 13.5 Å². The zero-order valence-electron chi connectivity index (χ0n) is 10.2. The summed E-state index contributed by atoms with van der Waals surface area (Å²) >= 11 is 0. The summed E-state index contributed by atoms with van der Waals surface area (Å²) in [7, 11) is 0. The van der Waals surface area contributed by atoms with E-state index in [-0.39, 0.29) is 12.5 Å². The van der Waals surface area contributed by atoms with Crippen molar-refractivity contribution in [1.29, 1.82) is 0 Å². The van der Waals surface area contributed by atoms with Crippen molar-refractivity contribution in [2.45, 2.75) is 38.7 Å². The molecule has 0 spiro atoms. The van der Waals surface area contributed by atoms with Gasteiger partial charge >= 0.3 is 6.61 Å². The number of alkyl halides is 2. The van der Waals surface area contributed by atoms with Gasteiger partial charge in [0.2, 0.25) is 0 Å². The molecule has 0 aromatic heterocycles. The quantitative estimate of drug-likeness (QED) is 0.841. The molecule has 0 bridgehead atoms. The van der Waals surface area contributed by atoms with Crippen LogP contribution in [0.15, 0.2) is 6.07 Å². The molecule has 2 aliphatic rings. The van der Waals surface area contributed by atoms with Crippen LogP contribution in [0.5, 0.6) is 0 Å². The average Bonchev–Trinajstić information content (AvgIpc) is 2.92. The van der Waals surface area contributed by atoms with E-state index in [9.17, 15) is 8.78 Å². The van der Waals surface area contributed by atoms with E-state index < -0.39 is 6.61 Å². The Morgan fingerprint density at radius 2 is 2.06 bits per heavy atom. The first-order chi connectivity index (χ1) is 8.65. The predicted molar refractivity (Wildman–Crippen MR) is 65.7 cm³/mol. The molecule has 0 aliphatic heterocycles. The van der Waals surface area contributed by atoms with E-state index in [1.54, 1.807) is 0 Å². The number of benzene rings is 1. The third-order valence-corrected chi connectivity index (χ3v) is 4.11. The van der Waals surface area contributed by atoms with E-state index in [1.807, 2.05) is 0 Å². The maximum absolute atomic E-state index is 12.0. The van der Waals surface area contributed by atoms with Crippen LogP contribution in [-0.2, 0) is 30.4 Å². The molecule has 2 N–H and O–H groups in total. The molecule has 0 saturated carbocycles. The van der Waals surface area contributed by atoms with E-state index in [0.717, 1.165) is 31.4 Å². The second-order valence-electron chi connectivity index (χ2n) is 5.29. The summed E-state index contributed by atoms with van der Waals surface area (Å²) in [5.41, 5.74) is 12.2. The number of anilines is 1. The van der Waals surface area contributed by atoms with Gasteiger partial charge in [-0.05, 0) is 60.3 Å². The number of rotatable bonds is 3. The summed E-state index contributed by atoms with van der Waals surface area (Å²) in [4.78, 5) is 0. The summed E-state index contributed by atoms with van der Waals surface area (Å²) in [6.07, 6.45) is 4.94. The fourth-order valence-corrected chi connectivity index (χ4v) is 3.31. The Balaban J connectivity index is 1.79. The Morgan fingerprint density at radius 3 is 2.83 bits per heavy atom. The Labute approximate surface area is 105 Å². The highest BCUT2D eigenvalue weighted by atomic mass is 19.3. The van der Waals surface area contributed by atoms with Crippen LogP contribution >= 0.6 is 0 Å². The number of fused-ring (bicyclic) bond motifs is 2. The average molecular weight is 253 g/mol. The fourth-order valence-electron chi connectivity index (χ4n) is 3.31. The molecule has 18 heavy (non-hydrogen) atoms. The van der Waals surface area contributed by atoms with Gasteiger partial charge in [0.25, 0.3) is 0 Å². The monoisotopic (exact) mass is 253 g/mol. The van der Waals surface area contributed by atoms with Crippen LogP contribution in [0.1, 0.15) is 28.7 Å². The van der Waals surface area contributed by atoms with Crippen molar-refractivity contribution >= 4 is 5.69 Å². The zero-order valence-corrected chi connectivity index (χ0v) is 10.2. The largest absolute Gasteiger partial charge is 0.398 e. The number of nitrogens with two attached hydrogens (primary N) is 1. The lowest BCUT2D eigenvalue weighted by Crippen LogP contribution is -2.12. The Hall–Kier alpha value is -1.16. The maximum Gasteiger partial charge on any atom is 0.345 e.